The van der Waals surface area contributed by atoms with Crippen molar-refractivity contribution in [2.45, 2.75) is 46.5 Å². The van der Waals surface area contributed by atoms with Gasteiger partial charge < -0.3 is 5.11 Å². The summed E-state index contributed by atoms with van der Waals surface area (Å²) in [5.41, 5.74) is 3.22. The monoisotopic (exact) mass is 282 g/mol. The largest absolute Gasteiger partial charge is 0.507 e. The fourth-order valence-electron chi connectivity index (χ4n) is 3.04. The van der Waals surface area contributed by atoms with Crippen LogP contribution in [0.2, 0.25) is 0 Å². The van der Waals surface area contributed by atoms with Gasteiger partial charge in [0.1, 0.15) is 5.75 Å². The van der Waals surface area contributed by atoms with E-state index in [4.69, 9.17) is 0 Å². The number of para-hydroxylation sites is 1. The summed E-state index contributed by atoms with van der Waals surface area (Å²) in [5.74, 6) is 0.809. The van der Waals surface area contributed by atoms with Crippen molar-refractivity contribution in [1.82, 2.24) is 0 Å². The minimum atomic E-state index is 0.142. The molecule has 0 fully saturated rings. The van der Waals surface area contributed by atoms with Crippen molar-refractivity contribution in [3.63, 3.8) is 0 Å². The van der Waals surface area contributed by atoms with Gasteiger partial charge in [0.2, 0.25) is 0 Å². The summed E-state index contributed by atoms with van der Waals surface area (Å²) in [5, 5.41) is 10.8. The maximum Gasteiger partial charge on any atom is 0.126 e. The van der Waals surface area contributed by atoms with Gasteiger partial charge in [0, 0.05) is 5.56 Å². The molecule has 0 amide bonds. The standard InChI is InChI=1S/C20H26O/c1-5-10-18(20(2,3)4)17-14-9-13-16(19(17)21)15-11-7-6-8-12-15/h6-9,11-14,18,21H,5,10H2,1-4H3. The molecule has 2 aromatic carbocycles. The third-order valence-corrected chi connectivity index (χ3v) is 4.15. The first-order valence-corrected chi connectivity index (χ1v) is 7.82. The highest BCUT2D eigenvalue weighted by Gasteiger charge is 2.28. The van der Waals surface area contributed by atoms with E-state index >= 15 is 0 Å². The summed E-state index contributed by atoms with van der Waals surface area (Å²) in [6.07, 6.45) is 2.21. The number of hydrogen-bond donors (Lipinski definition) is 1. The van der Waals surface area contributed by atoms with Crippen molar-refractivity contribution in [2.24, 2.45) is 5.41 Å². The summed E-state index contributed by atoms with van der Waals surface area (Å²) in [4.78, 5) is 0. The number of benzene rings is 2. The highest BCUT2D eigenvalue weighted by atomic mass is 16.3. The Balaban J connectivity index is 2.51. The quantitative estimate of drug-likeness (QED) is 0.730. The third kappa shape index (κ3) is 3.47. The molecule has 112 valence electrons. The molecule has 1 heteroatoms. The van der Waals surface area contributed by atoms with Gasteiger partial charge in [0.15, 0.2) is 0 Å². The number of aromatic hydroxyl groups is 1. The van der Waals surface area contributed by atoms with E-state index in [0.717, 1.165) is 29.5 Å². The van der Waals surface area contributed by atoms with E-state index in [9.17, 15) is 5.11 Å². The molecule has 21 heavy (non-hydrogen) atoms. The lowest BCUT2D eigenvalue weighted by Gasteiger charge is -2.32. The maximum absolute atomic E-state index is 10.8. The van der Waals surface area contributed by atoms with Gasteiger partial charge in [-0.05, 0) is 28.9 Å². The Morgan fingerprint density at radius 3 is 2.19 bits per heavy atom. The number of hydrogen-bond acceptors (Lipinski definition) is 1. The van der Waals surface area contributed by atoms with E-state index in [1.165, 1.54) is 0 Å². The van der Waals surface area contributed by atoms with Gasteiger partial charge in [-0.15, -0.1) is 0 Å². The Labute approximate surface area is 128 Å². The molecule has 0 bridgehead atoms. The van der Waals surface area contributed by atoms with E-state index < -0.39 is 0 Å². The average molecular weight is 282 g/mol. The van der Waals surface area contributed by atoms with Crippen LogP contribution in [-0.2, 0) is 0 Å². The Morgan fingerprint density at radius 2 is 1.62 bits per heavy atom. The third-order valence-electron chi connectivity index (χ3n) is 4.15. The van der Waals surface area contributed by atoms with Crippen molar-refractivity contribution in [1.29, 1.82) is 0 Å². The first-order chi connectivity index (χ1) is 9.95. The smallest absolute Gasteiger partial charge is 0.126 e. The Bertz CT molecular complexity index is 579. The Morgan fingerprint density at radius 1 is 0.952 bits per heavy atom. The molecule has 0 aromatic heterocycles. The van der Waals surface area contributed by atoms with Crippen molar-refractivity contribution in [3.8, 4) is 16.9 Å². The summed E-state index contributed by atoms with van der Waals surface area (Å²) in [6.45, 7) is 8.96. The van der Waals surface area contributed by atoms with Crippen LogP contribution in [0.15, 0.2) is 48.5 Å². The van der Waals surface area contributed by atoms with E-state index in [0.29, 0.717) is 11.7 Å². The highest BCUT2D eigenvalue weighted by molar-refractivity contribution is 5.72. The van der Waals surface area contributed by atoms with Gasteiger partial charge in [-0.2, -0.15) is 0 Å². The van der Waals surface area contributed by atoms with Gasteiger partial charge >= 0.3 is 0 Å². The first-order valence-electron chi connectivity index (χ1n) is 7.82. The molecule has 1 nitrogen and oxygen atoms in total. The fourth-order valence-corrected chi connectivity index (χ4v) is 3.04. The second-order valence-electron chi connectivity index (χ2n) is 6.82. The van der Waals surface area contributed by atoms with Crippen molar-refractivity contribution >= 4 is 0 Å². The van der Waals surface area contributed by atoms with E-state index in [1.54, 1.807) is 0 Å². The van der Waals surface area contributed by atoms with Crippen LogP contribution >= 0.6 is 0 Å². The van der Waals surface area contributed by atoms with Gasteiger partial charge in [-0.3, -0.25) is 0 Å². The van der Waals surface area contributed by atoms with Crippen LogP contribution in [0.4, 0.5) is 0 Å². The molecule has 0 heterocycles. The Hall–Kier alpha value is -1.76. The predicted molar refractivity (Wildman–Crippen MR) is 90.6 cm³/mol. The van der Waals surface area contributed by atoms with E-state index in [1.807, 2.05) is 36.4 Å². The summed E-state index contributed by atoms with van der Waals surface area (Å²) >= 11 is 0. The zero-order chi connectivity index (χ0) is 15.5. The topological polar surface area (TPSA) is 20.2 Å². The molecule has 1 atom stereocenters. The van der Waals surface area contributed by atoms with Gasteiger partial charge in [0.25, 0.3) is 0 Å². The SMILES string of the molecule is CCCC(c1cccc(-c2ccccc2)c1O)C(C)(C)C. The van der Waals surface area contributed by atoms with Crippen molar-refractivity contribution in [3.05, 3.63) is 54.1 Å². The van der Waals surface area contributed by atoms with Crippen LogP contribution in [0.1, 0.15) is 52.0 Å². The van der Waals surface area contributed by atoms with Gasteiger partial charge in [-0.25, -0.2) is 0 Å². The van der Waals surface area contributed by atoms with Crippen LogP contribution < -0.4 is 0 Å². The molecule has 1 unspecified atom stereocenters. The van der Waals surface area contributed by atoms with E-state index in [-0.39, 0.29) is 5.41 Å². The van der Waals surface area contributed by atoms with Gasteiger partial charge in [0.05, 0.1) is 0 Å². The second kappa shape index (κ2) is 6.34. The average Bonchev–Trinajstić information content (AvgIpc) is 2.45. The van der Waals surface area contributed by atoms with Crippen LogP contribution in [0.3, 0.4) is 0 Å². The van der Waals surface area contributed by atoms with Crippen molar-refractivity contribution in [2.75, 3.05) is 0 Å². The van der Waals surface area contributed by atoms with Crippen LogP contribution in [0.5, 0.6) is 5.75 Å². The summed E-state index contributed by atoms with van der Waals surface area (Å²) < 4.78 is 0. The lowest BCUT2D eigenvalue weighted by Crippen LogP contribution is -2.18. The minimum absolute atomic E-state index is 0.142. The number of rotatable bonds is 4. The number of phenols is 1. The molecular weight excluding hydrogens is 256 g/mol. The second-order valence-corrected chi connectivity index (χ2v) is 6.82. The fraction of sp³-hybridized carbons (Fsp3) is 0.400. The zero-order valence-electron chi connectivity index (χ0n) is 13.6. The molecule has 0 aliphatic heterocycles. The van der Waals surface area contributed by atoms with Crippen LogP contribution in [-0.4, -0.2) is 5.11 Å². The zero-order valence-corrected chi connectivity index (χ0v) is 13.6. The summed E-state index contributed by atoms with van der Waals surface area (Å²) in [6, 6.07) is 16.2. The number of phenolic OH excluding ortho intramolecular Hbond substituents is 1. The molecule has 0 aliphatic rings. The minimum Gasteiger partial charge on any atom is -0.507 e. The molecule has 2 rings (SSSR count). The molecule has 2 aromatic rings. The molecule has 0 saturated heterocycles. The molecular formula is C20H26O. The maximum atomic E-state index is 10.8. The van der Waals surface area contributed by atoms with Gasteiger partial charge in [-0.1, -0.05) is 82.6 Å². The highest BCUT2D eigenvalue weighted by Crippen LogP contribution is 2.45. The lowest BCUT2D eigenvalue weighted by atomic mass is 9.73. The summed E-state index contributed by atoms with van der Waals surface area (Å²) in [7, 11) is 0. The molecule has 0 spiro atoms. The molecule has 0 saturated carbocycles. The lowest BCUT2D eigenvalue weighted by molar-refractivity contribution is 0.295. The van der Waals surface area contributed by atoms with E-state index in [2.05, 4.69) is 39.8 Å². The molecule has 0 radical (unpaired) electrons. The molecule has 1 N–H and O–H groups in total. The normalized spacial score (nSPS) is 13.1. The first kappa shape index (κ1) is 15.6. The Kier molecular flexibility index (Phi) is 4.72. The van der Waals surface area contributed by atoms with Crippen molar-refractivity contribution < 1.29 is 5.11 Å². The van der Waals surface area contributed by atoms with Crippen LogP contribution in [0, 0.1) is 5.41 Å². The predicted octanol–water partition coefficient (Wildman–Crippen LogP) is 5.99. The molecule has 0 aliphatic carbocycles. The van der Waals surface area contributed by atoms with Crippen LogP contribution in [0.25, 0.3) is 11.1 Å².